The number of rotatable bonds is 6. The van der Waals surface area contributed by atoms with Gasteiger partial charge >= 0.3 is 5.97 Å². The van der Waals surface area contributed by atoms with Gasteiger partial charge in [-0.3, -0.25) is 9.36 Å². The number of fused-ring (bicyclic) bond motifs is 1. The number of phenols is 1. The summed E-state index contributed by atoms with van der Waals surface area (Å²) in [6.45, 7) is 6.12. The second kappa shape index (κ2) is 9.99. The fourth-order valence-electron chi connectivity index (χ4n) is 3.80. The first-order chi connectivity index (χ1) is 16.3. The van der Waals surface area contributed by atoms with Gasteiger partial charge in [0.15, 0.2) is 4.80 Å². The van der Waals surface area contributed by atoms with Crippen LogP contribution in [0.1, 0.15) is 37.9 Å². The largest absolute Gasteiger partial charge is 0.507 e. The van der Waals surface area contributed by atoms with Crippen LogP contribution in [0.3, 0.4) is 0 Å². The van der Waals surface area contributed by atoms with Gasteiger partial charge in [-0.2, -0.15) is 0 Å². The number of ether oxygens (including phenoxy) is 2. The zero-order valence-corrected chi connectivity index (χ0v) is 21.3. The number of esters is 1. The molecule has 1 unspecified atom stereocenters. The van der Waals surface area contributed by atoms with Gasteiger partial charge < -0.3 is 14.6 Å². The number of aromatic hydroxyl groups is 1. The van der Waals surface area contributed by atoms with Crippen molar-refractivity contribution < 1.29 is 19.4 Å². The minimum atomic E-state index is -0.704. The average molecular weight is 543 g/mol. The van der Waals surface area contributed by atoms with Gasteiger partial charge in [0.2, 0.25) is 0 Å². The standard InChI is InChI=1S/C25H23BrN2O5S/c1-4-32-18-9-6-15(7-10-18)22-21(24(31)33-5-2)14(3)27-25-28(22)23(30)20(34-25)13-16-12-17(26)8-11-19(16)29/h6-13,22,29H,4-5H2,1-3H3. The van der Waals surface area contributed by atoms with E-state index in [1.165, 1.54) is 15.9 Å². The summed E-state index contributed by atoms with van der Waals surface area (Å²) in [6.07, 6.45) is 1.63. The Bertz CT molecular complexity index is 1450. The highest BCUT2D eigenvalue weighted by Crippen LogP contribution is 2.31. The van der Waals surface area contributed by atoms with Crippen molar-refractivity contribution in [2.24, 2.45) is 4.99 Å². The van der Waals surface area contributed by atoms with Gasteiger partial charge in [0.25, 0.3) is 5.56 Å². The number of carbonyl (C=O) groups excluding carboxylic acids is 1. The molecular formula is C25H23BrN2O5S. The fraction of sp³-hybridized carbons (Fsp3) is 0.240. The van der Waals surface area contributed by atoms with Crippen LogP contribution in [0, 0.1) is 0 Å². The van der Waals surface area contributed by atoms with Crippen molar-refractivity contribution in [3.63, 3.8) is 0 Å². The third-order valence-corrected chi connectivity index (χ3v) is 6.78. The number of phenolic OH excluding ortho intramolecular Hbond substituents is 1. The fourth-order valence-corrected chi connectivity index (χ4v) is 5.22. The summed E-state index contributed by atoms with van der Waals surface area (Å²) in [4.78, 5) is 31.6. The molecule has 2 heterocycles. The van der Waals surface area contributed by atoms with Gasteiger partial charge in [-0.15, -0.1) is 0 Å². The maximum absolute atomic E-state index is 13.6. The van der Waals surface area contributed by atoms with Gasteiger partial charge in [-0.05, 0) is 62.7 Å². The van der Waals surface area contributed by atoms with Crippen LogP contribution in [0.25, 0.3) is 6.08 Å². The van der Waals surface area contributed by atoms with E-state index in [1.54, 1.807) is 38.1 Å². The van der Waals surface area contributed by atoms with Gasteiger partial charge in [0.1, 0.15) is 11.5 Å². The highest BCUT2D eigenvalue weighted by atomic mass is 79.9. The molecule has 9 heteroatoms. The van der Waals surface area contributed by atoms with Crippen LogP contribution < -0.4 is 19.6 Å². The molecule has 7 nitrogen and oxygen atoms in total. The Labute approximate surface area is 208 Å². The number of hydrogen-bond acceptors (Lipinski definition) is 7. The molecule has 1 aliphatic rings. The minimum Gasteiger partial charge on any atom is -0.507 e. The van der Waals surface area contributed by atoms with Crippen LogP contribution in [0.15, 0.2) is 68.0 Å². The molecule has 0 aliphatic carbocycles. The number of halogens is 1. The molecule has 3 aromatic rings. The summed E-state index contributed by atoms with van der Waals surface area (Å²) in [5.74, 6) is 0.240. The lowest BCUT2D eigenvalue weighted by Gasteiger charge is -2.24. The average Bonchev–Trinajstić information content (AvgIpc) is 3.11. The van der Waals surface area contributed by atoms with E-state index in [1.807, 2.05) is 31.2 Å². The molecule has 2 aromatic carbocycles. The molecule has 0 radical (unpaired) electrons. The molecule has 0 spiro atoms. The Hall–Kier alpha value is -3.17. The number of allylic oxidation sites excluding steroid dienone is 1. The molecule has 0 saturated carbocycles. The Morgan fingerprint density at radius 3 is 2.62 bits per heavy atom. The molecule has 1 aromatic heterocycles. The molecule has 0 saturated heterocycles. The molecule has 1 atom stereocenters. The van der Waals surface area contributed by atoms with Crippen LogP contribution in [-0.2, 0) is 9.53 Å². The Balaban J connectivity index is 1.93. The van der Waals surface area contributed by atoms with Crippen molar-refractivity contribution in [2.75, 3.05) is 13.2 Å². The summed E-state index contributed by atoms with van der Waals surface area (Å²) >= 11 is 4.59. The number of benzene rings is 2. The monoisotopic (exact) mass is 542 g/mol. The van der Waals surface area contributed by atoms with Crippen molar-refractivity contribution in [3.8, 4) is 11.5 Å². The predicted octanol–water partition coefficient (Wildman–Crippen LogP) is 3.67. The normalized spacial score (nSPS) is 15.6. The molecule has 0 fully saturated rings. The van der Waals surface area contributed by atoms with E-state index in [0.717, 1.165) is 10.0 Å². The lowest BCUT2D eigenvalue weighted by molar-refractivity contribution is -0.139. The summed E-state index contributed by atoms with van der Waals surface area (Å²) < 4.78 is 13.5. The molecule has 34 heavy (non-hydrogen) atoms. The predicted molar refractivity (Wildman–Crippen MR) is 134 cm³/mol. The van der Waals surface area contributed by atoms with E-state index in [4.69, 9.17) is 9.47 Å². The molecular weight excluding hydrogens is 520 g/mol. The smallest absolute Gasteiger partial charge is 0.338 e. The summed E-state index contributed by atoms with van der Waals surface area (Å²) in [6, 6.07) is 11.6. The molecule has 0 amide bonds. The maximum Gasteiger partial charge on any atom is 0.338 e. The van der Waals surface area contributed by atoms with Crippen molar-refractivity contribution >= 4 is 39.3 Å². The number of carbonyl (C=O) groups is 1. The number of thiazole rings is 1. The van der Waals surface area contributed by atoms with E-state index >= 15 is 0 Å². The van der Waals surface area contributed by atoms with Crippen molar-refractivity contribution in [1.29, 1.82) is 0 Å². The Kier molecular flexibility index (Phi) is 7.04. The van der Waals surface area contributed by atoms with Crippen molar-refractivity contribution in [2.45, 2.75) is 26.8 Å². The lowest BCUT2D eigenvalue weighted by atomic mass is 9.96. The first-order valence-corrected chi connectivity index (χ1v) is 12.4. The lowest BCUT2D eigenvalue weighted by Crippen LogP contribution is -2.39. The second-order valence-electron chi connectivity index (χ2n) is 7.51. The van der Waals surface area contributed by atoms with E-state index < -0.39 is 12.0 Å². The quantitative estimate of drug-likeness (QED) is 0.480. The SMILES string of the molecule is CCOC(=O)C1=C(C)N=c2sc(=Cc3cc(Br)ccc3O)c(=O)n2C1c1ccc(OCC)cc1. The van der Waals surface area contributed by atoms with Crippen LogP contribution in [0.5, 0.6) is 11.5 Å². The molecule has 4 rings (SSSR count). The zero-order valence-electron chi connectivity index (χ0n) is 18.9. The van der Waals surface area contributed by atoms with E-state index in [2.05, 4.69) is 20.9 Å². The maximum atomic E-state index is 13.6. The van der Waals surface area contributed by atoms with Crippen LogP contribution >= 0.6 is 27.3 Å². The Morgan fingerprint density at radius 1 is 1.21 bits per heavy atom. The minimum absolute atomic E-state index is 0.0560. The molecule has 1 aliphatic heterocycles. The van der Waals surface area contributed by atoms with E-state index in [9.17, 15) is 14.7 Å². The van der Waals surface area contributed by atoms with Gasteiger partial charge in [0.05, 0.1) is 35.1 Å². The first-order valence-electron chi connectivity index (χ1n) is 10.7. The highest BCUT2D eigenvalue weighted by molar-refractivity contribution is 9.10. The molecule has 176 valence electrons. The summed E-state index contributed by atoms with van der Waals surface area (Å²) in [7, 11) is 0. The van der Waals surface area contributed by atoms with E-state index in [-0.39, 0.29) is 17.9 Å². The van der Waals surface area contributed by atoms with E-state index in [0.29, 0.717) is 38.5 Å². The van der Waals surface area contributed by atoms with Crippen LogP contribution in [0.4, 0.5) is 0 Å². The van der Waals surface area contributed by atoms with Crippen molar-refractivity contribution in [3.05, 3.63) is 89.0 Å². The number of hydrogen-bond donors (Lipinski definition) is 1. The van der Waals surface area contributed by atoms with Crippen LogP contribution in [0.2, 0.25) is 0 Å². The Morgan fingerprint density at radius 2 is 1.94 bits per heavy atom. The van der Waals surface area contributed by atoms with Crippen molar-refractivity contribution in [1.82, 2.24) is 4.57 Å². The first kappa shape index (κ1) is 24.0. The molecule has 0 bridgehead atoms. The van der Waals surface area contributed by atoms with Crippen LogP contribution in [-0.4, -0.2) is 28.9 Å². The van der Waals surface area contributed by atoms with Gasteiger partial charge in [0, 0.05) is 10.0 Å². The topological polar surface area (TPSA) is 90.1 Å². The third kappa shape index (κ3) is 4.58. The van der Waals surface area contributed by atoms with Gasteiger partial charge in [-0.1, -0.05) is 39.4 Å². The summed E-state index contributed by atoms with van der Waals surface area (Å²) in [5, 5.41) is 10.2. The molecule has 1 N–H and O–H groups in total. The summed E-state index contributed by atoms with van der Waals surface area (Å²) in [5.41, 5.74) is 1.74. The zero-order chi connectivity index (χ0) is 24.4. The van der Waals surface area contributed by atoms with Gasteiger partial charge in [-0.25, -0.2) is 9.79 Å². The number of aromatic nitrogens is 1. The second-order valence-corrected chi connectivity index (χ2v) is 9.43. The number of nitrogens with zero attached hydrogens (tertiary/aromatic N) is 2. The third-order valence-electron chi connectivity index (χ3n) is 5.30. The highest BCUT2D eigenvalue weighted by Gasteiger charge is 2.33.